The van der Waals surface area contributed by atoms with E-state index < -0.39 is 9.28 Å². The van der Waals surface area contributed by atoms with E-state index in [4.69, 9.17) is 8.85 Å². The lowest BCUT2D eigenvalue weighted by Gasteiger charge is -2.44. The molecule has 0 aliphatic heterocycles. The molecule has 4 aliphatic rings. The highest BCUT2D eigenvalue weighted by atomic mass is 28.3. The van der Waals surface area contributed by atoms with Gasteiger partial charge in [-0.15, -0.1) is 0 Å². The second-order valence-corrected chi connectivity index (χ2v) is 9.96. The maximum Gasteiger partial charge on any atom is 0.332 e. The van der Waals surface area contributed by atoms with Crippen LogP contribution < -0.4 is 0 Å². The molecule has 112 valence electrons. The van der Waals surface area contributed by atoms with Gasteiger partial charge >= 0.3 is 9.28 Å². The summed E-state index contributed by atoms with van der Waals surface area (Å²) in [7, 11) is -1.60. The van der Waals surface area contributed by atoms with Gasteiger partial charge in [0.25, 0.3) is 0 Å². The predicted octanol–water partition coefficient (Wildman–Crippen LogP) is 3.52. The molecule has 3 fully saturated rings. The molecule has 20 heavy (non-hydrogen) atoms. The van der Waals surface area contributed by atoms with Gasteiger partial charge < -0.3 is 8.85 Å². The monoisotopic (exact) mass is 292 g/mol. The molecule has 4 bridgehead atoms. The van der Waals surface area contributed by atoms with Gasteiger partial charge in [0.1, 0.15) is 0 Å². The Labute approximate surface area is 124 Å². The maximum absolute atomic E-state index is 6.20. The van der Waals surface area contributed by atoms with Gasteiger partial charge in [0.05, 0.1) is 0 Å². The van der Waals surface area contributed by atoms with Crippen LogP contribution in [0.5, 0.6) is 0 Å². The fourth-order valence-corrected chi connectivity index (χ4v) is 9.29. The van der Waals surface area contributed by atoms with Crippen molar-refractivity contribution < 1.29 is 8.85 Å². The summed E-state index contributed by atoms with van der Waals surface area (Å²) in [5.41, 5.74) is 0. The summed E-state index contributed by atoms with van der Waals surface area (Å²) in [6.45, 7) is 8.38. The molecule has 0 spiro atoms. The molecule has 4 rings (SSSR count). The lowest BCUT2D eigenvalue weighted by Crippen LogP contribution is -2.44. The van der Waals surface area contributed by atoms with Crippen molar-refractivity contribution in [3.05, 3.63) is 12.2 Å². The number of hydrogen-bond acceptors (Lipinski definition) is 2. The Hall–Kier alpha value is -0.123. The highest BCUT2D eigenvalue weighted by molar-refractivity contribution is 6.50. The summed E-state index contributed by atoms with van der Waals surface area (Å²) in [6.07, 6.45) is 9.41. The van der Waals surface area contributed by atoms with Crippen LogP contribution in [0.25, 0.3) is 0 Å². The summed E-state index contributed by atoms with van der Waals surface area (Å²) in [5.74, 6) is 5.60. The van der Waals surface area contributed by atoms with Gasteiger partial charge in [-0.3, -0.25) is 0 Å². The molecule has 4 aliphatic carbocycles. The first kappa shape index (κ1) is 13.5. The van der Waals surface area contributed by atoms with E-state index in [1.54, 1.807) is 0 Å². The number of rotatable bonds is 5. The number of fused-ring (bicyclic) bond motifs is 9. The van der Waals surface area contributed by atoms with Gasteiger partial charge in [-0.25, -0.2) is 0 Å². The van der Waals surface area contributed by atoms with Crippen molar-refractivity contribution in [3.63, 3.8) is 0 Å². The molecule has 0 heterocycles. The van der Waals surface area contributed by atoms with Crippen molar-refractivity contribution in [2.24, 2.45) is 35.5 Å². The van der Waals surface area contributed by atoms with Crippen molar-refractivity contribution in [1.29, 1.82) is 0 Å². The molecule has 2 nitrogen and oxygen atoms in total. The normalized spacial score (nSPS) is 51.4. The first-order valence-corrected chi connectivity index (χ1v) is 10.2. The SMILES string of the molecule is CCO[SiH](OCC)C12C=CC(C1)C1C3CC(C)C(C3)C12. The standard InChI is InChI=1S/C17H28O2Si/c1-4-18-20(19-5-2)17-7-6-12(10-17)15-13-8-11(3)14(9-13)16(15)17/h6-7,11-16,20H,4-5,8-10H2,1-3H3. The Balaban J connectivity index is 1.68. The second kappa shape index (κ2) is 4.69. The van der Waals surface area contributed by atoms with Gasteiger partial charge in [0.2, 0.25) is 0 Å². The number of hydrogen-bond donors (Lipinski definition) is 0. The van der Waals surface area contributed by atoms with Crippen LogP contribution in [0.3, 0.4) is 0 Å². The molecule has 7 unspecified atom stereocenters. The quantitative estimate of drug-likeness (QED) is 0.438. The van der Waals surface area contributed by atoms with E-state index in [-0.39, 0.29) is 0 Å². The zero-order valence-electron chi connectivity index (χ0n) is 13.0. The smallest absolute Gasteiger partial charge is 0.332 e. The Bertz CT molecular complexity index is 417. The Morgan fingerprint density at radius 2 is 1.95 bits per heavy atom. The average molecular weight is 292 g/mol. The van der Waals surface area contributed by atoms with Gasteiger partial charge in [-0.2, -0.15) is 0 Å². The first-order valence-electron chi connectivity index (χ1n) is 8.63. The highest BCUT2D eigenvalue weighted by Gasteiger charge is 2.69. The molecule has 0 saturated heterocycles. The fourth-order valence-electron chi connectivity index (χ4n) is 6.45. The second-order valence-electron chi connectivity index (χ2n) is 7.56. The highest BCUT2D eigenvalue weighted by Crippen LogP contribution is 2.75. The van der Waals surface area contributed by atoms with Gasteiger partial charge in [0.15, 0.2) is 0 Å². The first-order chi connectivity index (χ1) is 9.71. The van der Waals surface area contributed by atoms with E-state index in [1.165, 1.54) is 19.3 Å². The van der Waals surface area contributed by atoms with Crippen molar-refractivity contribution in [1.82, 2.24) is 0 Å². The molecule has 3 saturated carbocycles. The van der Waals surface area contributed by atoms with Gasteiger partial charge in [0, 0.05) is 18.3 Å². The van der Waals surface area contributed by atoms with E-state index >= 15 is 0 Å². The lowest BCUT2D eigenvalue weighted by molar-refractivity contribution is 0.129. The predicted molar refractivity (Wildman–Crippen MR) is 82.7 cm³/mol. The van der Waals surface area contributed by atoms with E-state index in [1.807, 2.05) is 0 Å². The van der Waals surface area contributed by atoms with Crippen LogP contribution >= 0.6 is 0 Å². The number of allylic oxidation sites excluding steroid dienone is 2. The van der Waals surface area contributed by atoms with E-state index in [2.05, 4.69) is 32.9 Å². The third-order valence-electron chi connectivity index (χ3n) is 6.83. The zero-order valence-corrected chi connectivity index (χ0v) is 14.2. The molecule has 3 heteroatoms. The van der Waals surface area contributed by atoms with Crippen LogP contribution in [0.2, 0.25) is 5.04 Å². The summed E-state index contributed by atoms with van der Waals surface area (Å²) in [4.78, 5) is 0. The third kappa shape index (κ3) is 1.57. The van der Waals surface area contributed by atoms with Crippen LogP contribution in [0.4, 0.5) is 0 Å². The third-order valence-corrected chi connectivity index (χ3v) is 9.80. The van der Waals surface area contributed by atoms with Gasteiger partial charge in [-0.05, 0) is 68.6 Å². The van der Waals surface area contributed by atoms with Crippen LogP contribution in [-0.2, 0) is 8.85 Å². The zero-order chi connectivity index (χ0) is 13.9. The topological polar surface area (TPSA) is 18.5 Å². The van der Waals surface area contributed by atoms with Crippen LogP contribution in [0.1, 0.15) is 40.0 Å². The minimum atomic E-state index is -1.60. The van der Waals surface area contributed by atoms with Crippen molar-refractivity contribution in [2.45, 2.75) is 45.1 Å². The van der Waals surface area contributed by atoms with Crippen LogP contribution in [0, 0.1) is 35.5 Å². The van der Waals surface area contributed by atoms with Crippen molar-refractivity contribution in [2.75, 3.05) is 13.2 Å². The Kier molecular flexibility index (Phi) is 3.17. The van der Waals surface area contributed by atoms with Crippen LogP contribution in [0.15, 0.2) is 12.2 Å². The molecule has 7 atom stereocenters. The molecule has 0 N–H and O–H groups in total. The summed E-state index contributed by atoms with van der Waals surface area (Å²) in [6, 6.07) is 0. The Morgan fingerprint density at radius 1 is 1.20 bits per heavy atom. The maximum atomic E-state index is 6.20. The molecule has 0 amide bonds. The van der Waals surface area contributed by atoms with E-state index in [9.17, 15) is 0 Å². The lowest BCUT2D eigenvalue weighted by atomic mass is 9.69. The van der Waals surface area contributed by atoms with Crippen molar-refractivity contribution in [3.8, 4) is 0 Å². The summed E-state index contributed by atoms with van der Waals surface area (Å²) in [5, 5.41) is 0.329. The van der Waals surface area contributed by atoms with Crippen LogP contribution in [-0.4, -0.2) is 22.5 Å². The van der Waals surface area contributed by atoms with Gasteiger partial charge in [-0.1, -0.05) is 19.1 Å². The molecule has 0 aromatic rings. The van der Waals surface area contributed by atoms with Crippen molar-refractivity contribution >= 4 is 9.28 Å². The molecular weight excluding hydrogens is 264 g/mol. The molecule has 0 aromatic carbocycles. The minimum Gasteiger partial charge on any atom is -0.396 e. The molecule has 0 aromatic heterocycles. The minimum absolute atomic E-state index is 0.329. The Morgan fingerprint density at radius 3 is 2.65 bits per heavy atom. The summed E-state index contributed by atoms with van der Waals surface area (Å²) >= 11 is 0. The van der Waals surface area contributed by atoms with E-state index in [0.29, 0.717) is 5.04 Å². The molecule has 0 radical (unpaired) electrons. The average Bonchev–Trinajstić information content (AvgIpc) is 3.15. The fraction of sp³-hybridized carbons (Fsp3) is 0.882. The van der Waals surface area contributed by atoms with E-state index in [0.717, 1.165) is 48.7 Å². The summed E-state index contributed by atoms with van der Waals surface area (Å²) < 4.78 is 12.4. The molecular formula is C17H28O2Si. The largest absolute Gasteiger partial charge is 0.396 e.